The van der Waals surface area contributed by atoms with Crippen molar-refractivity contribution in [2.75, 3.05) is 19.6 Å². The van der Waals surface area contributed by atoms with E-state index in [-0.39, 0.29) is 24.4 Å². The van der Waals surface area contributed by atoms with E-state index in [0.29, 0.717) is 6.54 Å². The van der Waals surface area contributed by atoms with Crippen molar-refractivity contribution < 1.29 is 4.79 Å². The topological polar surface area (TPSA) is 32.3 Å². The molecular formula is C15H25ClN2O. The van der Waals surface area contributed by atoms with E-state index in [1.165, 1.54) is 5.56 Å². The Kier molecular flexibility index (Phi) is 9.27. The van der Waals surface area contributed by atoms with Crippen LogP contribution in [0.1, 0.15) is 38.8 Å². The van der Waals surface area contributed by atoms with E-state index in [9.17, 15) is 4.79 Å². The third-order valence-corrected chi connectivity index (χ3v) is 3.21. The lowest BCUT2D eigenvalue weighted by Gasteiger charge is -2.21. The fourth-order valence-electron chi connectivity index (χ4n) is 2.00. The molecule has 0 saturated heterocycles. The smallest absolute Gasteiger partial charge is 0.234 e. The van der Waals surface area contributed by atoms with Crippen LogP contribution in [0.5, 0.6) is 0 Å². The molecule has 0 heterocycles. The number of nitrogens with one attached hydrogen (secondary N) is 1. The molecule has 0 spiro atoms. The molecule has 0 bridgehead atoms. The average Bonchev–Trinajstić information content (AvgIpc) is 2.43. The van der Waals surface area contributed by atoms with Crippen LogP contribution < -0.4 is 5.32 Å². The number of nitrogens with zero attached hydrogens (tertiary/aromatic N) is 1. The lowest BCUT2D eigenvalue weighted by atomic mass is 10.0. The fourth-order valence-corrected chi connectivity index (χ4v) is 2.00. The summed E-state index contributed by atoms with van der Waals surface area (Å²) in [5.41, 5.74) is 1.17. The van der Waals surface area contributed by atoms with E-state index >= 15 is 0 Å². The third-order valence-electron chi connectivity index (χ3n) is 3.21. The molecule has 19 heavy (non-hydrogen) atoms. The first-order valence-corrected chi connectivity index (χ1v) is 6.77. The second-order valence-electron chi connectivity index (χ2n) is 4.40. The standard InChI is InChI=1S/C15H24N2O.ClH/c1-4-14(13-10-8-7-9-11-13)16-15(18)12-17(5-2)6-3;/h7-11,14H,4-6,12H2,1-3H3,(H,16,18);1H. The Morgan fingerprint density at radius 3 is 2.21 bits per heavy atom. The molecule has 0 aliphatic heterocycles. The minimum atomic E-state index is 0. The predicted octanol–water partition coefficient (Wildman–Crippen LogP) is 3.02. The average molecular weight is 285 g/mol. The number of halogens is 1. The molecule has 1 amide bonds. The first-order chi connectivity index (χ1) is 8.71. The van der Waals surface area contributed by atoms with Crippen molar-refractivity contribution in [3.63, 3.8) is 0 Å². The molecule has 1 rings (SSSR count). The molecular weight excluding hydrogens is 260 g/mol. The molecule has 1 unspecified atom stereocenters. The number of carbonyl (C=O) groups is 1. The van der Waals surface area contributed by atoms with Crippen molar-refractivity contribution in [2.24, 2.45) is 0 Å². The van der Waals surface area contributed by atoms with E-state index in [2.05, 4.69) is 43.1 Å². The molecule has 1 atom stereocenters. The lowest BCUT2D eigenvalue weighted by molar-refractivity contribution is -0.123. The Morgan fingerprint density at radius 2 is 1.74 bits per heavy atom. The van der Waals surface area contributed by atoms with Crippen LogP contribution in [0.25, 0.3) is 0 Å². The Bertz CT molecular complexity index is 352. The predicted molar refractivity (Wildman–Crippen MR) is 82.7 cm³/mol. The van der Waals surface area contributed by atoms with Crippen molar-refractivity contribution in [2.45, 2.75) is 33.2 Å². The van der Waals surface area contributed by atoms with Gasteiger partial charge >= 0.3 is 0 Å². The monoisotopic (exact) mass is 284 g/mol. The molecule has 0 fully saturated rings. The third kappa shape index (κ3) is 6.08. The Labute approximate surface area is 122 Å². The molecule has 0 radical (unpaired) electrons. The summed E-state index contributed by atoms with van der Waals surface area (Å²) in [6, 6.07) is 10.3. The van der Waals surface area contributed by atoms with Gasteiger partial charge in [-0.05, 0) is 25.1 Å². The van der Waals surface area contributed by atoms with Crippen LogP contribution in [0.15, 0.2) is 30.3 Å². The van der Waals surface area contributed by atoms with Gasteiger partial charge in [0.05, 0.1) is 12.6 Å². The van der Waals surface area contributed by atoms with Gasteiger partial charge in [-0.25, -0.2) is 0 Å². The van der Waals surface area contributed by atoms with Crippen LogP contribution in [-0.2, 0) is 4.79 Å². The van der Waals surface area contributed by atoms with Crippen molar-refractivity contribution in [3.05, 3.63) is 35.9 Å². The Balaban J connectivity index is 0.00000324. The lowest BCUT2D eigenvalue weighted by Crippen LogP contribution is -2.38. The van der Waals surface area contributed by atoms with Gasteiger partial charge in [-0.2, -0.15) is 0 Å². The molecule has 1 aromatic rings. The van der Waals surface area contributed by atoms with E-state index in [1.807, 2.05) is 18.2 Å². The summed E-state index contributed by atoms with van der Waals surface area (Å²) in [5, 5.41) is 3.10. The molecule has 1 aromatic carbocycles. The molecule has 4 heteroatoms. The number of benzene rings is 1. The van der Waals surface area contributed by atoms with Gasteiger partial charge in [0.2, 0.25) is 5.91 Å². The Morgan fingerprint density at radius 1 is 1.16 bits per heavy atom. The molecule has 0 aliphatic rings. The first kappa shape index (κ1) is 17.9. The van der Waals surface area contributed by atoms with Crippen molar-refractivity contribution in [3.8, 4) is 0 Å². The van der Waals surface area contributed by atoms with E-state index in [4.69, 9.17) is 0 Å². The zero-order valence-electron chi connectivity index (χ0n) is 12.1. The zero-order valence-corrected chi connectivity index (χ0v) is 12.9. The molecule has 1 N–H and O–H groups in total. The fraction of sp³-hybridized carbons (Fsp3) is 0.533. The number of rotatable bonds is 7. The maximum atomic E-state index is 12.0. The van der Waals surface area contributed by atoms with Crippen LogP contribution in [0, 0.1) is 0 Å². The highest BCUT2D eigenvalue weighted by molar-refractivity contribution is 5.85. The molecule has 108 valence electrons. The van der Waals surface area contributed by atoms with E-state index in [0.717, 1.165) is 19.5 Å². The summed E-state index contributed by atoms with van der Waals surface area (Å²) in [6.45, 7) is 8.54. The van der Waals surface area contributed by atoms with Crippen LogP contribution in [-0.4, -0.2) is 30.4 Å². The highest BCUT2D eigenvalue weighted by atomic mass is 35.5. The number of hydrogen-bond donors (Lipinski definition) is 1. The van der Waals surface area contributed by atoms with Crippen molar-refractivity contribution >= 4 is 18.3 Å². The number of likely N-dealkylation sites (N-methyl/N-ethyl adjacent to an activating group) is 1. The summed E-state index contributed by atoms with van der Waals surface area (Å²) < 4.78 is 0. The number of hydrogen-bond acceptors (Lipinski definition) is 2. The first-order valence-electron chi connectivity index (χ1n) is 6.77. The van der Waals surface area contributed by atoms with Gasteiger partial charge in [0.25, 0.3) is 0 Å². The number of carbonyl (C=O) groups excluding carboxylic acids is 1. The summed E-state index contributed by atoms with van der Waals surface area (Å²) in [7, 11) is 0. The van der Waals surface area contributed by atoms with Gasteiger partial charge in [0, 0.05) is 0 Å². The second-order valence-corrected chi connectivity index (χ2v) is 4.40. The van der Waals surface area contributed by atoms with Gasteiger partial charge in [-0.15, -0.1) is 12.4 Å². The van der Waals surface area contributed by atoms with E-state index in [1.54, 1.807) is 0 Å². The van der Waals surface area contributed by atoms with Gasteiger partial charge in [-0.3, -0.25) is 9.69 Å². The maximum Gasteiger partial charge on any atom is 0.234 e. The molecule has 0 aliphatic carbocycles. The summed E-state index contributed by atoms with van der Waals surface area (Å²) in [5.74, 6) is 0.106. The van der Waals surface area contributed by atoms with Gasteiger partial charge in [0.1, 0.15) is 0 Å². The highest BCUT2D eigenvalue weighted by Gasteiger charge is 2.13. The second kappa shape index (κ2) is 9.82. The van der Waals surface area contributed by atoms with Gasteiger partial charge < -0.3 is 5.32 Å². The normalized spacial score (nSPS) is 11.8. The summed E-state index contributed by atoms with van der Waals surface area (Å²) in [6.07, 6.45) is 0.911. The molecule has 3 nitrogen and oxygen atoms in total. The zero-order chi connectivity index (χ0) is 13.4. The van der Waals surface area contributed by atoms with Gasteiger partial charge in [-0.1, -0.05) is 51.1 Å². The molecule has 0 aromatic heterocycles. The Hall–Kier alpha value is -1.06. The minimum absolute atomic E-state index is 0. The maximum absolute atomic E-state index is 12.0. The van der Waals surface area contributed by atoms with Crippen LogP contribution in [0.2, 0.25) is 0 Å². The van der Waals surface area contributed by atoms with Crippen LogP contribution in [0.3, 0.4) is 0 Å². The quantitative estimate of drug-likeness (QED) is 0.835. The van der Waals surface area contributed by atoms with Crippen molar-refractivity contribution in [1.29, 1.82) is 0 Å². The molecule has 0 saturated carbocycles. The SMILES string of the molecule is CCC(NC(=O)CN(CC)CC)c1ccccc1.Cl. The number of amides is 1. The minimum Gasteiger partial charge on any atom is -0.348 e. The summed E-state index contributed by atoms with van der Waals surface area (Å²) >= 11 is 0. The van der Waals surface area contributed by atoms with E-state index < -0.39 is 0 Å². The highest BCUT2D eigenvalue weighted by Crippen LogP contribution is 2.15. The van der Waals surface area contributed by atoms with Crippen LogP contribution >= 0.6 is 12.4 Å². The van der Waals surface area contributed by atoms with Gasteiger partial charge in [0.15, 0.2) is 0 Å². The van der Waals surface area contributed by atoms with Crippen molar-refractivity contribution in [1.82, 2.24) is 10.2 Å². The van der Waals surface area contributed by atoms with Crippen LogP contribution in [0.4, 0.5) is 0 Å². The summed E-state index contributed by atoms with van der Waals surface area (Å²) in [4.78, 5) is 14.1. The largest absolute Gasteiger partial charge is 0.348 e.